The van der Waals surface area contributed by atoms with Gasteiger partial charge in [-0.05, 0) is 41.3 Å². The molecule has 4 rings (SSSR count). The lowest BCUT2D eigenvalue weighted by molar-refractivity contribution is 0.0827. The highest BCUT2D eigenvalue weighted by molar-refractivity contribution is 7.98. The summed E-state index contributed by atoms with van der Waals surface area (Å²) in [5.41, 5.74) is 2.68. The van der Waals surface area contributed by atoms with Gasteiger partial charge in [0.15, 0.2) is 11.0 Å². The van der Waals surface area contributed by atoms with E-state index in [0.717, 1.165) is 32.9 Å². The van der Waals surface area contributed by atoms with E-state index in [1.165, 1.54) is 0 Å². The summed E-state index contributed by atoms with van der Waals surface area (Å²) in [7, 11) is 5.17. The molecule has 0 unspecified atom stereocenters. The number of benzene rings is 2. The standard InChI is InChI=1S/C23H22N4O2S2/c1-26(2)22(28)17-12-10-16(11-13-17)15-31-23-25-24-21(20-9-6-14-30-20)27(23)18-7-4-5-8-19(18)29-3/h4-14H,15H2,1-3H3. The van der Waals surface area contributed by atoms with Crippen LogP contribution in [0.3, 0.4) is 0 Å². The molecule has 2 aromatic carbocycles. The summed E-state index contributed by atoms with van der Waals surface area (Å²) in [5.74, 6) is 2.24. The van der Waals surface area contributed by atoms with E-state index in [-0.39, 0.29) is 5.91 Å². The molecule has 0 aliphatic carbocycles. The van der Waals surface area contributed by atoms with E-state index in [1.54, 1.807) is 49.2 Å². The van der Waals surface area contributed by atoms with Gasteiger partial charge in [0.1, 0.15) is 5.75 Å². The zero-order valence-electron chi connectivity index (χ0n) is 17.5. The molecule has 0 N–H and O–H groups in total. The molecule has 2 aromatic heterocycles. The van der Waals surface area contributed by atoms with Gasteiger partial charge in [0.05, 0.1) is 17.7 Å². The third-order valence-corrected chi connectivity index (χ3v) is 6.54. The molecule has 0 fully saturated rings. The van der Waals surface area contributed by atoms with Crippen LogP contribution in [0.5, 0.6) is 5.75 Å². The van der Waals surface area contributed by atoms with Crippen molar-refractivity contribution in [2.24, 2.45) is 0 Å². The van der Waals surface area contributed by atoms with Crippen molar-refractivity contribution >= 4 is 29.0 Å². The van der Waals surface area contributed by atoms with E-state index in [1.807, 2.05) is 70.6 Å². The van der Waals surface area contributed by atoms with Gasteiger partial charge in [-0.25, -0.2) is 0 Å². The molecule has 4 aromatic rings. The van der Waals surface area contributed by atoms with Gasteiger partial charge in [0.25, 0.3) is 5.91 Å². The van der Waals surface area contributed by atoms with Gasteiger partial charge in [0, 0.05) is 25.4 Å². The molecule has 1 amide bonds. The van der Waals surface area contributed by atoms with Gasteiger partial charge in [0.2, 0.25) is 0 Å². The van der Waals surface area contributed by atoms with Gasteiger partial charge in [-0.1, -0.05) is 42.1 Å². The summed E-state index contributed by atoms with van der Waals surface area (Å²) < 4.78 is 7.64. The molecule has 158 valence electrons. The van der Waals surface area contributed by atoms with E-state index in [2.05, 4.69) is 10.2 Å². The first-order valence-corrected chi connectivity index (χ1v) is 11.5. The summed E-state index contributed by atoms with van der Waals surface area (Å²) in [4.78, 5) is 14.7. The monoisotopic (exact) mass is 450 g/mol. The molecule has 0 saturated heterocycles. The first kappa shape index (κ1) is 21.1. The Balaban J connectivity index is 1.64. The first-order valence-electron chi connectivity index (χ1n) is 9.64. The zero-order valence-corrected chi connectivity index (χ0v) is 19.1. The molecular formula is C23H22N4O2S2. The number of carbonyl (C=O) groups is 1. The Morgan fingerprint density at radius 3 is 2.52 bits per heavy atom. The molecule has 8 heteroatoms. The smallest absolute Gasteiger partial charge is 0.253 e. The van der Waals surface area contributed by atoms with E-state index in [0.29, 0.717) is 11.3 Å². The van der Waals surface area contributed by atoms with Crippen molar-refractivity contribution in [2.75, 3.05) is 21.2 Å². The summed E-state index contributed by atoms with van der Waals surface area (Å²) in [6.07, 6.45) is 0. The number of hydrogen-bond donors (Lipinski definition) is 0. The fourth-order valence-electron chi connectivity index (χ4n) is 3.11. The zero-order chi connectivity index (χ0) is 21.8. The van der Waals surface area contributed by atoms with Crippen LogP contribution in [0.15, 0.2) is 71.2 Å². The fraction of sp³-hybridized carbons (Fsp3) is 0.174. The lowest BCUT2D eigenvalue weighted by Gasteiger charge is -2.13. The molecule has 0 atom stereocenters. The number of ether oxygens (including phenoxy) is 1. The number of thioether (sulfide) groups is 1. The van der Waals surface area contributed by atoms with Crippen LogP contribution in [0.25, 0.3) is 16.4 Å². The van der Waals surface area contributed by atoms with Crippen LogP contribution < -0.4 is 4.74 Å². The topological polar surface area (TPSA) is 60.2 Å². The number of carbonyl (C=O) groups excluding carboxylic acids is 1. The van der Waals surface area contributed by atoms with Crippen LogP contribution in [0.4, 0.5) is 0 Å². The Morgan fingerprint density at radius 1 is 1.06 bits per heavy atom. The predicted octanol–water partition coefficient (Wildman–Crippen LogP) is 5.00. The lowest BCUT2D eigenvalue weighted by atomic mass is 10.1. The second kappa shape index (κ2) is 9.36. The SMILES string of the molecule is COc1ccccc1-n1c(SCc2ccc(C(=O)N(C)C)cc2)nnc1-c1cccs1. The van der Waals surface area contributed by atoms with Crippen molar-refractivity contribution in [1.82, 2.24) is 19.7 Å². The minimum Gasteiger partial charge on any atom is -0.495 e. The van der Waals surface area contributed by atoms with Crippen LogP contribution in [0.2, 0.25) is 0 Å². The summed E-state index contributed by atoms with van der Waals surface area (Å²) in [6, 6.07) is 19.6. The van der Waals surface area contributed by atoms with Crippen LogP contribution in [0.1, 0.15) is 15.9 Å². The molecule has 0 radical (unpaired) electrons. The molecule has 0 aliphatic heterocycles. The molecular weight excluding hydrogens is 428 g/mol. The molecule has 0 aliphatic rings. The fourth-order valence-corrected chi connectivity index (χ4v) is 4.71. The molecule has 2 heterocycles. The summed E-state index contributed by atoms with van der Waals surface area (Å²) >= 11 is 3.22. The maximum atomic E-state index is 12.1. The van der Waals surface area contributed by atoms with Gasteiger partial charge in [-0.2, -0.15) is 0 Å². The number of hydrogen-bond acceptors (Lipinski definition) is 6. The number of para-hydroxylation sites is 2. The average molecular weight is 451 g/mol. The van der Waals surface area contributed by atoms with Crippen LogP contribution in [-0.2, 0) is 5.75 Å². The van der Waals surface area contributed by atoms with Gasteiger partial charge < -0.3 is 9.64 Å². The van der Waals surface area contributed by atoms with Gasteiger partial charge in [-0.3, -0.25) is 9.36 Å². The Kier molecular flexibility index (Phi) is 6.39. The molecule has 0 bridgehead atoms. The Morgan fingerprint density at radius 2 is 1.84 bits per heavy atom. The van der Waals surface area contributed by atoms with Crippen molar-refractivity contribution in [3.8, 4) is 22.1 Å². The Labute approximate surface area is 189 Å². The molecule has 31 heavy (non-hydrogen) atoms. The van der Waals surface area contributed by atoms with Crippen LogP contribution in [-0.4, -0.2) is 46.8 Å². The van der Waals surface area contributed by atoms with Crippen molar-refractivity contribution in [3.05, 3.63) is 77.2 Å². The van der Waals surface area contributed by atoms with Crippen molar-refractivity contribution < 1.29 is 9.53 Å². The summed E-state index contributed by atoms with van der Waals surface area (Å²) in [5, 5.41) is 11.8. The van der Waals surface area contributed by atoms with Gasteiger partial charge in [-0.15, -0.1) is 21.5 Å². The van der Waals surface area contributed by atoms with E-state index < -0.39 is 0 Å². The third kappa shape index (κ3) is 4.50. The van der Waals surface area contributed by atoms with Crippen LogP contribution in [0, 0.1) is 0 Å². The second-order valence-electron chi connectivity index (χ2n) is 6.98. The summed E-state index contributed by atoms with van der Waals surface area (Å²) in [6.45, 7) is 0. The quantitative estimate of drug-likeness (QED) is 0.371. The highest BCUT2D eigenvalue weighted by Gasteiger charge is 2.19. The number of methoxy groups -OCH3 is 1. The maximum absolute atomic E-state index is 12.1. The minimum absolute atomic E-state index is 0.00397. The molecule has 0 spiro atoms. The number of thiophene rings is 1. The predicted molar refractivity (Wildman–Crippen MR) is 125 cm³/mol. The minimum atomic E-state index is -0.00397. The number of aromatic nitrogens is 3. The Hall–Kier alpha value is -3.10. The van der Waals surface area contributed by atoms with Crippen molar-refractivity contribution in [3.63, 3.8) is 0 Å². The number of amides is 1. The van der Waals surface area contributed by atoms with Crippen molar-refractivity contribution in [2.45, 2.75) is 10.9 Å². The van der Waals surface area contributed by atoms with E-state index in [9.17, 15) is 4.79 Å². The number of nitrogens with zero attached hydrogens (tertiary/aromatic N) is 4. The second-order valence-corrected chi connectivity index (χ2v) is 8.87. The first-order chi connectivity index (χ1) is 15.1. The molecule has 0 saturated carbocycles. The normalized spacial score (nSPS) is 10.8. The maximum Gasteiger partial charge on any atom is 0.253 e. The largest absolute Gasteiger partial charge is 0.495 e. The Bertz CT molecular complexity index is 1170. The third-order valence-electron chi connectivity index (χ3n) is 4.68. The molecule has 6 nitrogen and oxygen atoms in total. The average Bonchev–Trinajstić information content (AvgIpc) is 3.47. The van der Waals surface area contributed by atoms with Crippen molar-refractivity contribution in [1.29, 1.82) is 0 Å². The van der Waals surface area contributed by atoms with Gasteiger partial charge >= 0.3 is 0 Å². The number of rotatable bonds is 7. The highest BCUT2D eigenvalue weighted by Crippen LogP contribution is 2.34. The van der Waals surface area contributed by atoms with Crippen LogP contribution >= 0.6 is 23.1 Å². The van der Waals surface area contributed by atoms with E-state index in [4.69, 9.17) is 4.74 Å². The highest BCUT2D eigenvalue weighted by atomic mass is 32.2. The lowest BCUT2D eigenvalue weighted by Crippen LogP contribution is -2.21. The van der Waals surface area contributed by atoms with E-state index >= 15 is 0 Å².